The van der Waals surface area contributed by atoms with E-state index in [0.29, 0.717) is 5.56 Å². The minimum absolute atomic E-state index is 0.0957. The number of aryl methyl sites for hydroxylation is 1. The Morgan fingerprint density at radius 2 is 2.19 bits per heavy atom. The van der Waals surface area contributed by atoms with Crippen molar-refractivity contribution in [3.8, 4) is 5.69 Å². The van der Waals surface area contributed by atoms with Gasteiger partial charge in [-0.2, -0.15) is 5.10 Å². The number of carboxylic acids is 1. The molecule has 0 aliphatic heterocycles. The van der Waals surface area contributed by atoms with Gasteiger partial charge in [-0.1, -0.05) is 6.92 Å². The van der Waals surface area contributed by atoms with Crippen molar-refractivity contribution in [2.45, 2.75) is 13.8 Å². The lowest BCUT2D eigenvalue weighted by Crippen LogP contribution is -2.31. The molecule has 21 heavy (non-hydrogen) atoms. The first kappa shape index (κ1) is 14.7. The summed E-state index contributed by atoms with van der Waals surface area (Å²) in [6, 6.07) is 5.27. The molecule has 110 valence electrons. The lowest BCUT2D eigenvalue weighted by molar-refractivity contribution is -0.140. The fourth-order valence-corrected chi connectivity index (χ4v) is 1.81. The lowest BCUT2D eigenvalue weighted by Gasteiger charge is -2.11. The van der Waals surface area contributed by atoms with Crippen molar-refractivity contribution in [1.82, 2.24) is 20.1 Å². The second-order valence-corrected chi connectivity index (χ2v) is 4.79. The number of carbonyl (C=O) groups is 2. The quantitative estimate of drug-likeness (QED) is 0.856. The van der Waals surface area contributed by atoms with Crippen LogP contribution in [-0.4, -0.2) is 38.3 Å². The summed E-state index contributed by atoms with van der Waals surface area (Å²) in [6.45, 7) is 3.46. The van der Waals surface area contributed by atoms with Crippen molar-refractivity contribution in [2.75, 3.05) is 6.54 Å². The van der Waals surface area contributed by atoms with Gasteiger partial charge in [0.1, 0.15) is 12.7 Å². The summed E-state index contributed by atoms with van der Waals surface area (Å²) in [5.74, 6) is -1.84. The maximum Gasteiger partial charge on any atom is 0.308 e. The highest BCUT2D eigenvalue weighted by atomic mass is 16.4. The predicted molar refractivity (Wildman–Crippen MR) is 75.2 cm³/mol. The molecular weight excluding hydrogens is 272 g/mol. The standard InChI is InChI=1S/C14H16N4O3/c1-9-5-11(18-8-15-7-17-18)3-4-12(9)13(19)16-6-10(2)14(20)21/h3-5,7-8,10H,6H2,1-2H3,(H,16,19)(H,20,21). The van der Waals surface area contributed by atoms with Gasteiger partial charge in [0.05, 0.1) is 11.6 Å². The summed E-state index contributed by atoms with van der Waals surface area (Å²) in [4.78, 5) is 26.6. The monoisotopic (exact) mass is 288 g/mol. The largest absolute Gasteiger partial charge is 0.481 e. The van der Waals surface area contributed by atoms with Gasteiger partial charge >= 0.3 is 5.97 Å². The lowest BCUT2D eigenvalue weighted by atomic mass is 10.1. The number of hydrogen-bond acceptors (Lipinski definition) is 4. The van der Waals surface area contributed by atoms with E-state index in [1.165, 1.54) is 6.33 Å². The van der Waals surface area contributed by atoms with Crippen molar-refractivity contribution in [2.24, 2.45) is 5.92 Å². The third-order valence-electron chi connectivity index (χ3n) is 3.13. The molecule has 1 atom stereocenters. The number of nitrogens with one attached hydrogen (secondary N) is 1. The summed E-state index contributed by atoms with van der Waals surface area (Å²) in [5.41, 5.74) is 2.10. The first-order valence-electron chi connectivity index (χ1n) is 6.45. The Morgan fingerprint density at radius 3 is 2.76 bits per heavy atom. The highest BCUT2D eigenvalue weighted by Gasteiger charge is 2.14. The molecule has 0 fully saturated rings. The van der Waals surface area contributed by atoms with Crippen molar-refractivity contribution in [1.29, 1.82) is 0 Å². The molecule has 2 rings (SSSR count). The Hall–Kier alpha value is -2.70. The van der Waals surface area contributed by atoms with Crippen LogP contribution in [0.2, 0.25) is 0 Å². The maximum atomic E-state index is 12.1. The molecule has 1 aromatic carbocycles. The molecular formula is C14H16N4O3. The van der Waals surface area contributed by atoms with Crippen LogP contribution in [0.25, 0.3) is 5.69 Å². The van der Waals surface area contributed by atoms with Gasteiger partial charge in [0, 0.05) is 12.1 Å². The van der Waals surface area contributed by atoms with Crippen LogP contribution in [0.1, 0.15) is 22.8 Å². The van der Waals surface area contributed by atoms with Crippen molar-refractivity contribution in [3.63, 3.8) is 0 Å². The molecule has 7 heteroatoms. The number of carboxylic acid groups (broad SMARTS) is 1. The molecule has 0 radical (unpaired) electrons. The van der Waals surface area contributed by atoms with Crippen LogP contribution in [0.15, 0.2) is 30.9 Å². The molecule has 7 nitrogen and oxygen atoms in total. The number of benzene rings is 1. The van der Waals surface area contributed by atoms with Crippen LogP contribution < -0.4 is 5.32 Å². The van der Waals surface area contributed by atoms with Crippen LogP contribution in [-0.2, 0) is 4.79 Å². The molecule has 2 aromatic rings. The van der Waals surface area contributed by atoms with E-state index in [4.69, 9.17) is 5.11 Å². The Balaban J connectivity index is 2.10. The number of nitrogens with zero attached hydrogens (tertiary/aromatic N) is 3. The smallest absolute Gasteiger partial charge is 0.308 e. The zero-order valence-corrected chi connectivity index (χ0v) is 11.8. The van der Waals surface area contributed by atoms with E-state index in [2.05, 4.69) is 15.4 Å². The second-order valence-electron chi connectivity index (χ2n) is 4.79. The van der Waals surface area contributed by atoms with E-state index in [9.17, 15) is 9.59 Å². The zero-order valence-electron chi connectivity index (χ0n) is 11.8. The number of carbonyl (C=O) groups excluding carboxylic acids is 1. The molecule has 1 amide bonds. The van der Waals surface area contributed by atoms with E-state index < -0.39 is 11.9 Å². The van der Waals surface area contributed by atoms with Gasteiger partial charge in [0.2, 0.25) is 0 Å². The van der Waals surface area contributed by atoms with Crippen LogP contribution in [0, 0.1) is 12.8 Å². The van der Waals surface area contributed by atoms with Gasteiger partial charge in [-0.25, -0.2) is 9.67 Å². The molecule has 2 N–H and O–H groups in total. The van der Waals surface area contributed by atoms with E-state index in [1.807, 2.05) is 13.0 Å². The molecule has 0 aliphatic rings. The summed E-state index contributed by atoms with van der Waals surface area (Å²) in [5, 5.41) is 15.4. The normalized spacial score (nSPS) is 11.9. The van der Waals surface area contributed by atoms with E-state index in [1.54, 1.807) is 30.1 Å². The first-order valence-corrected chi connectivity index (χ1v) is 6.45. The Kier molecular flexibility index (Phi) is 4.32. The highest BCUT2D eigenvalue weighted by Crippen LogP contribution is 2.14. The Morgan fingerprint density at radius 1 is 1.43 bits per heavy atom. The predicted octanol–water partition coefficient (Wildman–Crippen LogP) is 1.03. The number of rotatable bonds is 5. The molecule has 1 unspecified atom stereocenters. The van der Waals surface area contributed by atoms with E-state index in [0.717, 1.165) is 11.3 Å². The topological polar surface area (TPSA) is 97.1 Å². The molecule has 0 bridgehead atoms. The maximum absolute atomic E-state index is 12.1. The first-order chi connectivity index (χ1) is 9.99. The molecule has 0 aliphatic carbocycles. The molecule has 0 saturated carbocycles. The average molecular weight is 288 g/mol. The summed E-state index contributed by atoms with van der Waals surface area (Å²) >= 11 is 0. The Labute approximate surface area is 121 Å². The number of hydrogen-bond donors (Lipinski definition) is 2. The fraction of sp³-hybridized carbons (Fsp3) is 0.286. The molecule has 1 heterocycles. The molecule has 0 spiro atoms. The zero-order chi connectivity index (χ0) is 15.4. The number of aromatic nitrogens is 3. The minimum atomic E-state index is -0.937. The van der Waals surface area contributed by atoms with E-state index in [-0.39, 0.29) is 12.5 Å². The van der Waals surface area contributed by atoms with Crippen LogP contribution in [0.3, 0.4) is 0 Å². The highest BCUT2D eigenvalue weighted by molar-refractivity contribution is 5.96. The minimum Gasteiger partial charge on any atom is -0.481 e. The van der Waals surface area contributed by atoms with Crippen molar-refractivity contribution in [3.05, 3.63) is 42.0 Å². The summed E-state index contributed by atoms with van der Waals surface area (Å²) < 4.78 is 1.60. The van der Waals surface area contributed by atoms with Gasteiger partial charge in [0.25, 0.3) is 5.91 Å². The van der Waals surface area contributed by atoms with Gasteiger partial charge in [-0.15, -0.1) is 0 Å². The number of aliphatic carboxylic acids is 1. The van der Waals surface area contributed by atoms with Gasteiger partial charge < -0.3 is 10.4 Å². The van der Waals surface area contributed by atoms with Gasteiger partial charge in [-0.05, 0) is 30.7 Å². The molecule has 1 aromatic heterocycles. The summed E-state index contributed by atoms with van der Waals surface area (Å²) in [7, 11) is 0. The van der Waals surface area contributed by atoms with Gasteiger partial charge in [-0.3, -0.25) is 9.59 Å². The van der Waals surface area contributed by atoms with Gasteiger partial charge in [0.15, 0.2) is 0 Å². The molecule has 0 saturated heterocycles. The second kappa shape index (κ2) is 6.17. The van der Waals surface area contributed by atoms with Crippen LogP contribution in [0.4, 0.5) is 0 Å². The average Bonchev–Trinajstić information content (AvgIpc) is 2.98. The number of amides is 1. The van der Waals surface area contributed by atoms with Crippen molar-refractivity contribution < 1.29 is 14.7 Å². The third-order valence-corrected chi connectivity index (χ3v) is 3.13. The van der Waals surface area contributed by atoms with Crippen LogP contribution in [0.5, 0.6) is 0 Å². The SMILES string of the molecule is Cc1cc(-n2cncn2)ccc1C(=O)NCC(C)C(=O)O. The van der Waals surface area contributed by atoms with E-state index >= 15 is 0 Å². The van der Waals surface area contributed by atoms with Crippen LogP contribution >= 0.6 is 0 Å². The summed E-state index contributed by atoms with van der Waals surface area (Å²) in [6.07, 6.45) is 3.01. The Bertz CT molecular complexity index is 652. The fourth-order valence-electron chi connectivity index (χ4n) is 1.81. The third kappa shape index (κ3) is 3.44. The van der Waals surface area contributed by atoms with Crippen molar-refractivity contribution >= 4 is 11.9 Å².